The Bertz CT molecular complexity index is 993. The van der Waals surface area contributed by atoms with E-state index < -0.39 is 0 Å². The van der Waals surface area contributed by atoms with Crippen LogP contribution in [0.3, 0.4) is 0 Å². The molecule has 0 spiro atoms. The first kappa shape index (κ1) is 21.7. The first-order valence-electron chi connectivity index (χ1n) is 12.5. The highest BCUT2D eigenvalue weighted by atomic mass is 19.1. The summed E-state index contributed by atoms with van der Waals surface area (Å²) in [6.07, 6.45) is 9.29. The Morgan fingerprint density at radius 1 is 0.938 bits per heavy atom. The molecule has 0 radical (unpaired) electrons. The lowest BCUT2D eigenvalue weighted by atomic mass is 9.63. The number of fused-ring (bicyclic) bond motifs is 1. The van der Waals surface area contributed by atoms with Crippen molar-refractivity contribution >= 4 is 5.90 Å². The van der Waals surface area contributed by atoms with Crippen molar-refractivity contribution in [2.75, 3.05) is 6.61 Å². The Morgan fingerprint density at radius 3 is 2.34 bits per heavy atom. The Hall–Kier alpha value is -2.16. The number of halogens is 1. The molecule has 32 heavy (non-hydrogen) atoms. The predicted molar refractivity (Wildman–Crippen MR) is 130 cm³/mol. The molecule has 4 atom stereocenters. The lowest BCUT2D eigenvalue weighted by Crippen LogP contribution is -2.30. The van der Waals surface area contributed by atoms with Crippen molar-refractivity contribution in [3.05, 3.63) is 59.4 Å². The van der Waals surface area contributed by atoms with Gasteiger partial charge in [0.15, 0.2) is 0 Å². The molecule has 2 nitrogen and oxygen atoms in total. The molecule has 0 aromatic heterocycles. The third-order valence-electron chi connectivity index (χ3n) is 8.17. The minimum Gasteiger partial charge on any atom is -0.475 e. The normalized spacial score (nSPS) is 29.2. The fraction of sp³-hybridized carbons (Fsp3) is 0.552. The summed E-state index contributed by atoms with van der Waals surface area (Å²) < 4.78 is 20.9. The molecule has 2 fully saturated rings. The van der Waals surface area contributed by atoms with Gasteiger partial charge in [-0.1, -0.05) is 44.0 Å². The van der Waals surface area contributed by atoms with E-state index in [1.165, 1.54) is 50.5 Å². The lowest BCUT2D eigenvalue weighted by molar-refractivity contribution is 0.116. The smallest absolute Gasteiger partial charge is 0.216 e. The molecule has 2 saturated carbocycles. The van der Waals surface area contributed by atoms with Crippen molar-refractivity contribution in [3.63, 3.8) is 0 Å². The van der Waals surface area contributed by atoms with E-state index in [2.05, 4.69) is 31.8 Å². The minimum absolute atomic E-state index is 0.109. The molecule has 2 aliphatic carbocycles. The molecule has 0 saturated heterocycles. The first-order valence-corrected chi connectivity index (χ1v) is 12.5. The standard InChI is InChI=1S/C29H36FNO/c1-4-19-5-6-23-16-24(12-11-22(23)15-19)25-13-14-26(27(30)17-25)20-7-9-21(10-8-20)28-31-29(2,3)18-32-28/h7-10,13-14,17,19,22-24H,4-6,11-12,15-16,18H2,1-3H3/t19?,22-,23-,24-/m1/s1. The largest absolute Gasteiger partial charge is 0.475 e. The van der Waals surface area contributed by atoms with Crippen LogP contribution in [0.4, 0.5) is 4.39 Å². The minimum atomic E-state index is -0.176. The van der Waals surface area contributed by atoms with Gasteiger partial charge in [-0.2, -0.15) is 0 Å². The van der Waals surface area contributed by atoms with Gasteiger partial charge in [-0.05, 0) is 98.9 Å². The average Bonchev–Trinajstić information content (AvgIpc) is 3.18. The monoisotopic (exact) mass is 433 g/mol. The third-order valence-corrected chi connectivity index (χ3v) is 8.17. The summed E-state index contributed by atoms with van der Waals surface area (Å²) in [7, 11) is 0. The number of benzene rings is 2. The number of ether oxygens (including phenoxy) is 1. The third kappa shape index (κ3) is 4.36. The Morgan fingerprint density at radius 2 is 1.66 bits per heavy atom. The number of aliphatic imine (C=N–C) groups is 1. The van der Waals surface area contributed by atoms with Crippen molar-refractivity contribution in [3.8, 4) is 11.1 Å². The molecule has 0 amide bonds. The molecule has 1 unspecified atom stereocenters. The summed E-state index contributed by atoms with van der Waals surface area (Å²) in [5, 5.41) is 0. The van der Waals surface area contributed by atoms with Crippen molar-refractivity contribution in [1.82, 2.24) is 0 Å². The number of rotatable bonds is 4. The molecular formula is C29H36FNO. The highest BCUT2D eigenvalue weighted by molar-refractivity contribution is 5.95. The van der Waals surface area contributed by atoms with E-state index in [4.69, 9.17) is 4.74 Å². The molecule has 1 aliphatic heterocycles. The van der Waals surface area contributed by atoms with Gasteiger partial charge >= 0.3 is 0 Å². The summed E-state index contributed by atoms with van der Waals surface area (Å²) in [4.78, 5) is 4.63. The van der Waals surface area contributed by atoms with Crippen LogP contribution >= 0.6 is 0 Å². The summed E-state index contributed by atoms with van der Waals surface area (Å²) >= 11 is 0. The summed E-state index contributed by atoms with van der Waals surface area (Å²) in [6, 6.07) is 13.9. The van der Waals surface area contributed by atoms with E-state index >= 15 is 4.39 Å². The van der Waals surface area contributed by atoms with Crippen molar-refractivity contribution in [2.45, 2.75) is 77.2 Å². The maximum absolute atomic E-state index is 15.2. The highest BCUT2D eigenvalue weighted by Crippen LogP contribution is 2.48. The molecule has 3 aliphatic rings. The van der Waals surface area contributed by atoms with E-state index in [9.17, 15) is 0 Å². The molecule has 0 N–H and O–H groups in total. The van der Waals surface area contributed by atoms with E-state index in [1.54, 1.807) is 6.07 Å². The van der Waals surface area contributed by atoms with Gasteiger partial charge in [-0.3, -0.25) is 0 Å². The van der Waals surface area contributed by atoms with Crippen molar-refractivity contribution in [2.24, 2.45) is 22.7 Å². The number of hydrogen-bond acceptors (Lipinski definition) is 2. The van der Waals surface area contributed by atoms with Gasteiger partial charge < -0.3 is 4.74 Å². The molecule has 170 valence electrons. The second-order valence-corrected chi connectivity index (χ2v) is 11.0. The Balaban J connectivity index is 1.29. The molecule has 0 bridgehead atoms. The molecule has 2 aromatic carbocycles. The van der Waals surface area contributed by atoms with Gasteiger partial charge in [-0.25, -0.2) is 9.38 Å². The summed E-state index contributed by atoms with van der Waals surface area (Å²) in [5.74, 6) is 3.78. The van der Waals surface area contributed by atoms with Crippen LogP contribution in [0.2, 0.25) is 0 Å². The molecular weight excluding hydrogens is 397 g/mol. The van der Waals surface area contributed by atoms with Crippen LogP contribution < -0.4 is 0 Å². The van der Waals surface area contributed by atoms with Crippen LogP contribution in [0.1, 0.15) is 82.8 Å². The predicted octanol–water partition coefficient (Wildman–Crippen LogP) is 7.76. The zero-order chi connectivity index (χ0) is 22.3. The SMILES string of the molecule is CCC1CC[C@@H]2C[C@H](c3ccc(-c4ccc(C5=NC(C)(C)CO5)cc4)c(F)c3)CC[C@@H]2C1. The average molecular weight is 434 g/mol. The zero-order valence-corrected chi connectivity index (χ0v) is 19.7. The van der Waals surface area contributed by atoms with Gasteiger partial charge in [0.2, 0.25) is 5.90 Å². The van der Waals surface area contributed by atoms with E-state index in [0.29, 0.717) is 24.0 Å². The first-order chi connectivity index (χ1) is 15.4. The van der Waals surface area contributed by atoms with Gasteiger partial charge in [0.1, 0.15) is 12.4 Å². The lowest BCUT2D eigenvalue weighted by Gasteiger charge is -2.42. The summed E-state index contributed by atoms with van der Waals surface area (Å²) in [5.41, 5.74) is 3.54. The fourth-order valence-corrected chi connectivity index (χ4v) is 6.20. The maximum atomic E-state index is 15.2. The number of hydrogen-bond donors (Lipinski definition) is 0. The van der Waals surface area contributed by atoms with Gasteiger partial charge in [0, 0.05) is 11.1 Å². The van der Waals surface area contributed by atoms with Crippen LogP contribution in [0.25, 0.3) is 11.1 Å². The second-order valence-electron chi connectivity index (χ2n) is 11.0. The molecule has 5 rings (SSSR count). The van der Waals surface area contributed by atoms with Crippen molar-refractivity contribution < 1.29 is 9.13 Å². The van der Waals surface area contributed by atoms with Crippen molar-refractivity contribution in [1.29, 1.82) is 0 Å². The van der Waals surface area contributed by atoms with Gasteiger partial charge in [-0.15, -0.1) is 0 Å². The van der Waals surface area contributed by atoms with Gasteiger partial charge in [0.25, 0.3) is 0 Å². The van der Waals surface area contributed by atoms with E-state index in [1.807, 2.05) is 30.3 Å². The fourth-order valence-electron chi connectivity index (χ4n) is 6.20. The van der Waals surface area contributed by atoms with Crippen LogP contribution in [0.5, 0.6) is 0 Å². The molecule has 3 heteroatoms. The Labute approximate surface area is 192 Å². The highest BCUT2D eigenvalue weighted by Gasteiger charge is 2.35. The van der Waals surface area contributed by atoms with Crippen LogP contribution in [-0.2, 0) is 4.74 Å². The van der Waals surface area contributed by atoms with Crippen LogP contribution in [0, 0.1) is 23.6 Å². The second kappa shape index (κ2) is 8.65. The summed E-state index contributed by atoms with van der Waals surface area (Å²) in [6.45, 7) is 7.07. The zero-order valence-electron chi connectivity index (χ0n) is 19.7. The van der Waals surface area contributed by atoms with Gasteiger partial charge in [0.05, 0.1) is 5.54 Å². The topological polar surface area (TPSA) is 21.6 Å². The Kier molecular flexibility index (Phi) is 5.86. The maximum Gasteiger partial charge on any atom is 0.216 e. The van der Waals surface area contributed by atoms with E-state index in [0.717, 1.165) is 28.9 Å². The van der Waals surface area contributed by atoms with Crippen LogP contribution in [-0.4, -0.2) is 18.0 Å². The molecule has 2 aromatic rings. The van der Waals surface area contributed by atoms with E-state index in [-0.39, 0.29) is 11.4 Å². The van der Waals surface area contributed by atoms with Crippen LogP contribution in [0.15, 0.2) is 47.5 Å². The quantitative estimate of drug-likeness (QED) is 0.483. The molecule has 1 heterocycles. The number of nitrogens with zero attached hydrogens (tertiary/aromatic N) is 1.